The molecule has 0 aromatic rings. The molecule has 0 saturated carbocycles. The van der Waals surface area contributed by atoms with Gasteiger partial charge in [0.15, 0.2) is 0 Å². The number of carbonyl (C=O) groups is 15. The summed E-state index contributed by atoms with van der Waals surface area (Å²) in [4.78, 5) is 206. The highest BCUT2D eigenvalue weighted by atomic mass is 16.4. The number of carbonyl (C=O) groups excluding carboxylic acids is 11. The fourth-order valence-electron chi connectivity index (χ4n) is 12.0. The summed E-state index contributed by atoms with van der Waals surface area (Å²) in [7, 11) is 0. The Morgan fingerprint density at radius 1 is 0.419 bits per heavy atom. The predicted octanol–water partition coefficient (Wildman–Crippen LogP) is -1.86. The van der Waals surface area contributed by atoms with E-state index in [2.05, 4.69) is 37.2 Å². The third-order valence-corrected chi connectivity index (χ3v) is 17.4. The van der Waals surface area contributed by atoms with E-state index in [1.54, 1.807) is 34.6 Å². The number of nitrogens with two attached hydrogens (primary N) is 1. The van der Waals surface area contributed by atoms with Gasteiger partial charge in [0.05, 0.1) is 12.6 Å². The molecule has 0 unspecified atom stereocenters. The van der Waals surface area contributed by atoms with E-state index in [-0.39, 0.29) is 95.3 Å². The van der Waals surface area contributed by atoms with Crippen LogP contribution >= 0.6 is 0 Å². The minimum atomic E-state index is -1.79. The molecular formula is C61H98N12O20. The van der Waals surface area contributed by atoms with Crippen molar-refractivity contribution in [3.63, 3.8) is 0 Å². The summed E-state index contributed by atoms with van der Waals surface area (Å²) in [6, 6.07) is -16.1. The minimum Gasteiger partial charge on any atom is -0.481 e. The highest BCUT2D eigenvalue weighted by molar-refractivity contribution is 6.00. The third kappa shape index (κ3) is 22.3. The van der Waals surface area contributed by atoms with Crippen LogP contribution in [0.2, 0.25) is 0 Å². The second-order valence-corrected chi connectivity index (χ2v) is 25.8. The van der Waals surface area contributed by atoms with E-state index in [9.17, 15) is 97.5 Å². The largest absolute Gasteiger partial charge is 0.481 e. The quantitative estimate of drug-likeness (QED) is 0.0327. The number of aliphatic carboxylic acids is 4. The van der Waals surface area contributed by atoms with Gasteiger partial charge in [-0.3, -0.25) is 67.1 Å². The molecule has 4 fully saturated rings. The Morgan fingerprint density at radius 3 is 1.14 bits per heavy atom. The molecule has 0 spiro atoms. The monoisotopic (exact) mass is 1320 g/mol. The summed E-state index contributed by atoms with van der Waals surface area (Å²) in [5, 5.41) is 66.8. The lowest BCUT2D eigenvalue weighted by atomic mass is 9.98. The normalized spacial score (nSPS) is 20.9. The van der Waals surface area contributed by atoms with E-state index in [1.807, 2.05) is 20.8 Å². The first-order valence-corrected chi connectivity index (χ1v) is 32.3. The second-order valence-electron chi connectivity index (χ2n) is 25.8. The Balaban J connectivity index is 1.48. The fraction of sp³-hybridized carbons (Fsp3) is 0.754. The number of carboxylic acid groups (broad SMARTS) is 4. The van der Waals surface area contributed by atoms with E-state index >= 15 is 0 Å². The number of likely N-dealkylation sites (tertiary alicyclic amines) is 4. The van der Waals surface area contributed by atoms with Crippen LogP contribution in [0.3, 0.4) is 0 Å². The Bertz CT molecular complexity index is 2730. The molecule has 0 aliphatic carbocycles. The number of carboxylic acids is 4. The number of nitrogens with zero attached hydrogens (tertiary/aromatic N) is 4. The molecular weight excluding hydrogens is 1220 g/mol. The van der Waals surface area contributed by atoms with E-state index in [4.69, 9.17) is 5.73 Å². The lowest BCUT2D eigenvalue weighted by Crippen LogP contribution is -2.61. The maximum atomic E-state index is 14.5. The highest BCUT2D eigenvalue weighted by Crippen LogP contribution is 2.26. The smallest absolute Gasteiger partial charge is 0.326 e. The standard InChI is InChI=1S/C61H98N12O20/c1-9-34(8)48(62)56(87)64-35(18-21-45(75)76)50(81)66-38(28-31(2)3)58(89)71-25-11-14-41(71)53(84)63-36(19-22-46(77)78)51(82)69-49(33(6)7)60(91)72-26-12-16-43(72)55(86)68-40(30-74)52(83)65-37(20-23-47(79)80)57(88)70-24-10-15-42(70)54(85)67-39(29-32(4)5)59(90)73-27-13-17-44(73)61(92)93/h31-44,48-49,74H,9-30,62H2,1-8H3,(H,63,84)(H,64,87)(H,65,83)(H,66,81)(H,67,85)(H,68,86)(H,69,82)(H,75,76)(H,77,78)(H,79,80)(H,92,93)/t34-,35-,36-,37-,38-,39-,40-,41-,42-,43-,44-,48-,49-/m0/s1. The van der Waals surface area contributed by atoms with Crippen LogP contribution in [0.25, 0.3) is 0 Å². The molecule has 522 valence electrons. The van der Waals surface area contributed by atoms with Gasteiger partial charge in [0.1, 0.15) is 66.5 Å². The molecule has 11 amide bonds. The Labute approximate surface area is 540 Å². The molecule has 0 aromatic carbocycles. The first-order chi connectivity index (χ1) is 43.7. The van der Waals surface area contributed by atoms with Gasteiger partial charge in [-0.05, 0) is 107 Å². The van der Waals surface area contributed by atoms with E-state index in [0.29, 0.717) is 25.7 Å². The van der Waals surface area contributed by atoms with E-state index < -0.39 is 206 Å². The zero-order valence-electron chi connectivity index (χ0n) is 54.5. The molecule has 0 bridgehead atoms. The summed E-state index contributed by atoms with van der Waals surface area (Å²) >= 11 is 0. The van der Waals surface area contributed by atoms with Crippen molar-refractivity contribution in [2.45, 2.75) is 237 Å². The number of aliphatic hydroxyl groups is 1. The van der Waals surface area contributed by atoms with Crippen molar-refractivity contribution < 1.29 is 97.5 Å². The third-order valence-electron chi connectivity index (χ3n) is 17.4. The Hall–Kier alpha value is -8.03. The molecule has 4 aliphatic rings. The molecule has 4 heterocycles. The lowest BCUT2D eigenvalue weighted by molar-refractivity contribution is -0.150. The molecule has 32 heteroatoms. The average Bonchev–Trinajstić information content (AvgIpc) is 1.90. The summed E-state index contributed by atoms with van der Waals surface area (Å²) < 4.78 is 0. The maximum Gasteiger partial charge on any atom is 0.326 e. The van der Waals surface area contributed by atoms with Gasteiger partial charge in [0.2, 0.25) is 65.0 Å². The van der Waals surface area contributed by atoms with E-state index in [1.165, 1.54) is 9.80 Å². The number of hydrogen-bond donors (Lipinski definition) is 13. The Kier molecular flexibility index (Phi) is 30.3. The first-order valence-electron chi connectivity index (χ1n) is 32.3. The van der Waals surface area contributed by atoms with Crippen molar-refractivity contribution in [1.29, 1.82) is 0 Å². The van der Waals surface area contributed by atoms with Crippen LogP contribution in [0.4, 0.5) is 0 Å². The van der Waals surface area contributed by atoms with Gasteiger partial charge >= 0.3 is 23.9 Å². The molecule has 32 nitrogen and oxygen atoms in total. The number of amides is 11. The molecule has 4 saturated heterocycles. The molecule has 0 aromatic heterocycles. The second kappa shape index (κ2) is 36.4. The number of aliphatic hydroxyl groups excluding tert-OH is 1. The van der Waals surface area contributed by atoms with Crippen molar-refractivity contribution >= 4 is 88.9 Å². The van der Waals surface area contributed by atoms with Crippen LogP contribution in [0.1, 0.15) is 165 Å². The summed E-state index contributed by atoms with van der Waals surface area (Å²) in [6.45, 7) is 12.9. The van der Waals surface area contributed by atoms with Crippen LogP contribution in [-0.4, -0.2) is 239 Å². The maximum absolute atomic E-state index is 14.5. The zero-order chi connectivity index (χ0) is 69.7. The van der Waals surface area contributed by atoms with Gasteiger partial charge in [0.25, 0.3) is 0 Å². The van der Waals surface area contributed by atoms with Crippen molar-refractivity contribution in [2.75, 3.05) is 32.8 Å². The average molecular weight is 1320 g/mol. The van der Waals surface area contributed by atoms with Crippen molar-refractivity contribution in [2.24, 2.45) is 29.4 Å². The van der Waals surface area contributed by atoms with Gasteiger partial charge in [0, 0.05) is 45.4 Å². The number of nitrogens with one attached hydrogen (secondary N) is 7. The van der Waals surface area contributed by atoms with Gasteiger partial charge in [-0.25, -0.2) is 4.79 Å². The minimum absolute atomic E-state index is 0.0134. The first kappa shape index (κ1) is 77.4. The van der Waals surface area contributed by atoms with Crippen LogP contribution in [0.15, 0.2) is 0 Å². The van der Waals surface area contributed by atoms with Crippen LogP contribution in [-0.2, 0) is 71.9 Å². The molecule has 4 rings (SSSR count). The molecule has 14 N–H and O–H groups in total. The van der Waals surface area contributed by atoms with Crippen molar-refractivity contribution in [3.8, 4) is 0 Å². The SMILES string of the molecule is CC[C@H](C)[C@H](N)C(=O)N[C@@H](CCC(=O)O)C(=O)N[C@@H](CC(C)C)C(=O)N1CCC[C@H]1C(=O)N[C@@H](CCC(=O)O)C(=O)N[C@H](C(=O)N1CCC[C@H]1C(=O)N[C@@H](CO)C(=O)N[C@@H](CCC(=O)O)C(=O)N1CCC[C@H]1C(=O)N[C@@H](CC(C)C)C(=O)N1CCC[C@H]1C(=O)O)C(C)C. The topological polar surface area (TPSA) is 480 Å². The van der Waals surface area contributed by atoms with Crippen LogP contribution in [0, 0.1) is 23.7 Å². The number of rotatable bonds is 36. The van der Waals surface area contributed by atoms with Crippen LogP contribution in [0.5, 0.6) is 0 Å². The lowest BCUT2D eigenvalue weighted by Gasteiger charge is -2.33. The van der Waals surface area contributed by atoms with Crippen LogP contribution < -0.4 is 43.0 Å². The van der Waals surface area contributed by atoms with E-state index in [0.717, 1.165) is 9.80 Å². The molecule has 13 atom stereocenters. The fourth-order valence-corrected chi connectivity index (χ4v) is 12.0. The number of hydrogen-bond acceptors (Lipinski definition) is 17. The van der Waals surface area contributed by atoms with Crippen molar-refractivity contribution in [3.05, 3.63) is 0 Å². The summed E-state index contributed by atoms with van der Waals surface area (Å²) in [5.74, 6) is -15.7. The van der Waals surface area contributed by atoms with Gasteiger partial charge in [-0.2, -0.15) is 0 Å². The van der Waals surface area contributed by atoms with Gasteiger partial charge < -0.3 is 88.1 Å². The van der Waals surface area contributed by atoms with Gasteiger partial charge in [-0.15, -0.1) is 0 Å². The highest BCUT2D eigenvalue weighted by Gasteiger charge is 2.46. The molecule has 0 radical (unpaired) electrons. The molecule has 93 heavy (non-hydrogen) atoms. The molecule has 4 aliphatic heterocycles. The summed E-state index contributed by atoms with van der Waals surface area (Å²) in [5.41, 5.74) is 6.10. The Morgan fingerprint density at radius 2 is 0.742 bits per heavy atom. The van der Waals surface area contributed by atoms with Gasteiger partial charge in [-0.1, -0.05) is 61.8 Å². The summed E-state index contributed by atoms with van der Waals surface area (Å²) in [6.07, 6.45) is -0.680. The van der Waals surface area contributed by atoms with Crippen molar-refractivity contribution in [1.82, 2.24) is 56.8 Å². The predicted molar refractivity (Wildman–Crippen MR) is 329 cm³/mol. The zero-order valence-corrected chi connectivity index (χ0v) is 54.5.